The molecule has 2 rings (SSSR count). The number of carboxylic acid groups (broad SMARTS) is 1. The normalized spacial score (nSPS) is 10.5. The van der Waals surface area contributed by atoms with Crippen LogP contribution in [0.25, 0.3) is 0 Å². The number of aliphatic carboxylic acids is 1. The smallest absolute Gasteiger partial charge is 0.303 e. The van der Waals surface area contributed by atoms with E-state index >= 15 is 0 Å². The summed E-state index contributed by atoms with van der Waals surface area (Å²) in [5, 5.41) is 8.55. The van der Waals surface area contributed by atoms with Gasteiger partial charge in [-0.05, 0) is 17.7 Å². The second-order valence-electron chi connectivity index (χ2n) is 3.92. The SMILES string of the molecule is O=C(O)CCc1cnc(Cc2ccc(F)cc2)o1. The van der Waals surface area contributed by atoms with Crippen LogP contribution in [0.15, 0.2) is 34.9 Å². The summed E-state index contributed by atoms with van der Waals surface area (Å²) in [7, 11) is 0. The van der Waals surface area contributed by atoms with E-state index in [0.29, 0.717) is 24.5 Å². The Hall–Kier alpha value is -2.17. The molecule has 0 bridgehead atoms. The monoisotopic (exact) mass is 249 g/mol. The van der Waals surface area contributed by atoms with Gasteiger partial charge in [-0.3, -0.25) is 4.79 Å². The molecule has 5 heteroatoms. The highest BCUT2D eigenvalue weighted by atomic mass is 19.1. The number of rotatable bonds is 5. The lowest BCUT2D eigenvalue weighted by Gasteiger charge is -1.97. The minimum absolute atomic E-state index is 0.0190. The summed E-state index contributed by atoms with van der Waals surface area (Å²) in [6, 6.07) is 6.08. The number of hydrogen-bond acceptors (Lipinski definition) is 3. The van der Waals surface area contributed by atoms with Crippen LogP contribution in [0.2, 0.25) is 0 Å². The standard InChI is InChI=1S/C13H12FNO3/c14-10-3-1-9(2-4-10)7-12-15-8-11(18-12)5-6-13(16)17/h1-4,8H,5-7H2,(H,16,17). The van der Waals surface area contributed by atoms with E-state index in [1.807, 2.05) is 0 Å². The van der Waals surface area contributed by atoms with Crippen LogP contribution in [-0.2, 0) is 17.6 Å². The minimum Gasteiger partial charge on any atom is -0.481 e. The van der Waals surface area contributed by atoms with Crippen molar-refractivity contribution in [3.63, 3.8) is 0 Å². The third-order valence-corrected chi connectivity index (χ3v) is 2.46. The Balaban J connectivity index is 1.97. The molecular formula is C13H12FNO3. The van der Waals surface area contributed by atoms with Gasteiger partial charge in [0.05, 0.1) is 12.6 Å². The van der Waals surface area contributed by atoms with E-state index in [9.17, 15) is 9.18 Å². The molecule has 1 heterocycles. The highest BCUT2D eigenvalue weighted by molar-refractivity contribution is 5.66. The largest absolute Gasteiger partial charge is 0.481 e. The van der Waals surface area contributed by atoms with Crippen LogP contribution < -0.4 is 0 Å². The van der Waals surface area contributed by atoms with E-state index in [2.05, 4.69) is 4.98 Å². The topological polar surface area (TPSA) is 63.3 Å². The number of carbonyl (C=O) groups is 1. The molecule has 0 aliphatic rings. The highest BCUT2D eigenvalue weighted by Gasteiger charge is 2.07. The van der Waals surface area contributed by atoms with Crippen LogP contribution in [0.4, 0.5) is 4.39 Å². The number of benzene rings is 1. The van der Waals surface area contributed by atoms with Crippen molar-refractivity contribution >= 4 is 5.97 Å². The third kappa shape index (κ3) is 3.41. The van der Waals surface area contributed by atoms with Gasteiger partial charge >= 0.3 is 5.97 Å². The molecule has 1 N–H and O–H groups in total. The zero-order chi connectivity index (χ0) is 13.0. The summed E-state index contributed by atoms with van der Waals surface area (Å²) in [4.78, 5) is 14.5. The molecule has 0 fully saturated rings. The molecule has 0 amide bonds. The lowest BCUT2D eigenvalue weighted by molar-refractivity contribution is -0.137. The van der Waals surface area contributed by atoms with Crippen LogP contribution in [0, 0.1) is 5.82 Å². The second-order valence-corrected chi connectivity index (χ2v) is 3.92. The van der Waals surface area contributed by atoms with Crippen molar-refractivity contribution in [1.29, 1.82) is 0 Å². The van der Waals surface area contributed by atoms with Crippen molar-refractivity contribution in [3.8, 4) is 0 Å². The number of aryl methyl sites for hydroxylation is 1. The van der Waals surface area contributed by atoms with Crippen LogP contribution >= 0.6 is 0 Å². The fourth-order valence-electron chi connectivity index (χ4n) is 1.55. The Morgan fingerprint density at radius 1 is 1.33 bits per heavy atom. The molecule has 0 spiro atoms. The zero-order valence-corrected chi connectivity index (χ0v) is 9.60. The Kier molecular flexibility index (Phi) is 3.72. The fraction of sp³-hybridized carbons (Fsp3) is 0.231. The molecule has 0 saturated heterocycles. The highest BCUT2D eigenvalue weighted by Crippen LogP contribution is 2.12. The fourth-order valence-corrected chi connectivity index (χ4v) is 1.55. The maximum Gasteiger partial charge on any atom is 0.303 e. The number of hydrogen-bond donors (Lipinski definition) is 1. The summed E-state index contributed by atoms with van der Waals surface area (Å²) >= 11 is 0. The van der Waals surface area contributed by atoms with Gasteiger partial charge in [0.15, 0.2) is 5.89 Å². The molecule has 0 aliphatic carbocycles. The van der Waals surface area contributed by atoms with Crippen LogP contribution in [-0.4, -0.2) is 16.1 Å². The molecule has 2 aromatic rings. The van der Waals surface area contributed by atoms with E-state index in [0.717, 1.165) is 5.56 Å². The maximum absolute atomic E-state index is 12.7. The average Bonchev–Trinajstić information content (AvgIpc) is 2.77. The van der Waals surface area contributed by atoms with Gasteiger partial charge in [0.25, 0.3) is 0 Å². The van der Waals surface area contributed by atoms with Crippen LogP contribution in [0.3, 0.4) is 0 Å². The summed E-state index contributed by atoms with van der Waals surface area (Å²) < 4.78 is 18.1. The quantitative estimate of drug-likeness (QED) is 0.883. The van der Waals surface area contributed by atoms with Gasteiger partial charge in [-0.25, -0.2) is 9.37 Å². The molecule has 0 saturated carbocycles. The number of halogens is 1. The van der Waals surface area contributed by atoms with Crippen molar-refractivity contribution in [2.45, 2.75) is 19.3 Å². The second kappa shape index (κ2) is 5.44. The Bertz CT molecular complexity index is 533. The lowest BCUT2D eigenvalue weighted by atomic mass is 10.1. The average molecular weight is 249 g/mol. The molecule has 0 aliphatic heterocycles. The number of oxazole rings is 1. The maximum atomic E-state index is 12.7. The van der Waals surface area contributed by atoms with Gasteiger partial charge < -0.3 is 9.52 Å². The first-order chi connectivity index (χ1) is 8.63. The van der Waals surface area contributed by atoms with Crippen molar-refractivity contribution < 1.29 is 18.7 Å². The molecule has 0 radical (unpaired) electrons. The third-order valence-electron chi connectivity index (χ3n) is 2.46. The van der Waals surface area contributed by atoms with Crippen LogP contribution in [0.1, 0.15) is 23.6 Å². The van der Waals surface area contributed by atoms with Crippen molar-refractivity contribution in [2.75, 3.05) is 0 Å². The van der Waals surface area contributed by atoms with E-state index in [-0.39, 0.29) is 12.2 Å². The summed E-state index contributed by atoms with van der Waals surface area (Å²) in [5.74, 6) is -0.101. The molecule has 4 nitrogen and oxygen atoms in total. The van der Waals surface area contributed by atoms with Gasteiger partial charge in [-0.2, -0.15) is 0 Å². The van der Waals surface area contributed by atoms with Gasteiger partial charge in [0.1, 0.15) is 11.6 Å². The molecule has 0 atom stereocenters. The van der Waals surface area contributed by atoms with Crippen molar-refractivity contribution in [1.82, 2.24) is 4.98 Å². The van der Waals surface area contributed by atoms with Gasteiger partial charge in [-0.15, -0.1) is 0 Å². The van der Waals surface area contributed by atoms with Gasteiger partial charge in [0.2, 0.25) is 0 Å². The van der Waals surface area contributed by atoms with Gasteiger partial charge in [0, 0.05) is 12.8 Å². The van der Waals surface area contributed by atoms with E-state index in [4.69, 9.17) is 9.52 Å². The van der Waals surface area contributed by atoms with E-state index in [1.54, 1.807) is 12.1 Å². The number of carboxylic acids is 1. The van der Waals surface area contributed by atoms with Crippen molar-refractivity contribution in [2.24, 2.45) is 0 Å². The number of aromatic nitrogens is 1. The van der Waals surface area contributed by atoms with E-state index in [1.165, 1.54) is 18.3 Å². The van der Waals surface area contributed by atoms with Gasteiger partial charge in [-0.1, -0.05) is 12.1 Å². The Morgan fingerprint density at radius 2 is 2.06 bits per heavy atom. The molecule has 1 aromatic carbocycles. The Morgan fingerprint density at radius 3 is 2.72 bits per heavy atom. The molecule has 1 aromatic heterocycles. The lowest BCUT2D eigenvalue weighted by Crippen LogP contribution is -1.96. The Labute approximate surface area is 103 Å². The molecular weight excluding hydrogens is 237 g/mol. The van der Waals surface area contributed by atoms with Crippen LogP contribution in [0.5, 0.6) is 0 Å². The zero-order valence-electron chi connectivity index (χ0n) is 9.60. The summed E-state index contributed by atoms with van der Waals surface area (Å²) in [6.45, 7) is 0. The predicted molar refractivity (Wildman–Crippen MR) is 61.7 cm³/mol. The molecule has 94 valence electrons. The summed E-state index contributed by atoms with van der Waals surface area (Å²) in [6.07, 6.45) is 2.34. The number of nitrogens with zero attached hydrogens (tertiary/aromatic N) is 1. The van der Waals surface area contributed by atoms with Crippen molar-refractivity contribution in [3.05, 3.63) is 53.5 Å². The first-order valence-corrected chi connectivity index (χ1v) is 5.53. The first kappa shape index (κ1) is 12.3. The predicted octanol–water partition coefficient (Wildman–Crippen LogP) is 2.42. The first-order valence-electron chi connectivity index (χ1n) is 5.53. The minimum atomic E-state index is -0.869. The summed E-state index contributed by atoms with van der Waals surface area (Å²) in [5.41, 5.74) is 0.892. The molecule has 18 heavy (non-hydrogen) atoms. The van der Waals surface area contributed by atoms with E-state index < -0.39 is 5.97 Å². The molecule has 0 unspecified atom stereocenters.